The van der Waals surface area contributed by atoms with Crippen molar-refractivity contribution in [3.63, 3.8) is 0 Å². The molecule has 0 saturated carbocycles. The van der Waals surface area contributed by atoms with E-state index in [4.69, 9.17) is 22.1 Å². The zero-order valence-electron chi connectivity index (χ0n) is 19.5. The van der Waals surface area contributed by atoms with E-state index in [2.05, 4.69) is 14.9 Å². The summed E-state index contributed by atoms with van der Waals surface area (Å²) in [5.74, 6) is -0.0721. The number of nitrogens with two attached hydrogens (primary N) is 1. The van der Waals surface area contributed by atoms with E-state index in [0.717, 1.165) is 25.7 Å². The molecule has 3 aliphatic heterocycles. The third-order valence-electron chi connectivity index (χ3n) is 7.06. The predicted molar refractivity (Wildman–Crippen MR) is 129 cm³/mol. The summed E-state index contributed by atoms with van der Waals surface area (Å²) in [6.07, 6.45) is 6.15. The normalized spacial score (nSPS) is 25.3. The van der Waals surface area contributed by atoms with Crippen LogP contribution in [0.5, 0.6) is 5.75 Å². The summed E-state index contributed by atoms with van der Waals surface area (Å²) in [6, 6.07) is 4.67. The van der Waals surface area contributed by atoms with Gasteiger partial charge in [-0.05, 0) is 44.7 Å². The number of carbonyl (C=O) groups is 1. The molecular formula is C25H29ClFN5O3. The highest BCUT2D eigenvalue weighted by Gasteiger charge is 2.42. The molecule has 3 N–H and O–H groups in total. The molecule has 8 nitrogen and oxygen atoms in total. The monoisotopic (exact) mass is 501 g/mol. The first-order chi connectivity index (χ1) is 16.8. The molecule has 3 aliphatic rings. The average Bonchev–Trinajstić information content (AvgIpc) is 3.29. The number of carbonyl (C=O) groups excluding carboxylic acids is 1. The summed E-state index contributed by atoms with van der Waals surface area (Å²) in [5, 5.41) is 10.3. The summed E-state index contributed by atoms with van der Waals surface area (Å²) in [5.41, 5.74) is 7.69. The number of rotatable bonds is 6. The molecule has 186 valence electrons. The summed E-state index contributed by atoms with van der Waals surface area (Å²) in [7, 11) is 0. The van der Waals surface area contributed by atoms with E-state index in [0.29, 0.717) is 46.3 Å². The molecule has 2 fully saturated rings. The van der Waals surface area contributed by atoms with E-state index in [1.54, 1.807) is 11.8 Å². The maximum atomic E-state index is 14.2. The predicted octanol–water partition coefficient (Wildman–Crippen LogP) is 2.85. The third-order valence-corrected chi connectivity index (χ3v) is 7.25. The second-order valence-corrected chi connectivity index (χ2v) is 10.1. The SMILES string of the molecule is CC(O)CN1C2CCC1CC(Oc1cc(F)ccc1C(=O)N1CC(N)=C(c3ncc(Cl)cn3)C1)C2. The summed E-state index contributed by atoms with van der Waals surface area (Å²) < 4.78 is 20.5. The van der Waals surface area contributed by atoms with E-state index in [1.807, 2.05) is 0 Å². The van der Waals surface area contributed by atoms with Gasteiger partial charge < -0.3 is 20.5 Å². The van der Waals surface area contributed by atoms with Crippen LogP contribution in [0.25, 0.3) is 5.57 Å². The first-order valence-corrected chi connectivity index (χ1v) is 12.3. The molecule has 2 saturated heterocycles. The van der Waals surface area contributed by atoms with Crippen molar-refractivity contribution in [3.05, 3.63) is 58.5 Å². The standard InChI is InChI=1S/C25H29ClFN5O3/c1-14(33)11-32-17-3-4-18(32)8-19(7-17)35-23-6-16(27)2-5-20(23)25(34)31-12-21(22(28)13-31)24-29-9-15(26)10-30-24/h2,5-6,9-10,14,17-19,33H,3-4,7-8,11-13,28H2,1H3. The Hall–Kier alpha value is -2.75. The van der Waals surface area contributed by atoms with Crippen LogP contribution in [0.1, 0.15) is 48.8 Å². The van der Waals surface area contributed by atoms with Gasteiger partial charge >= 0.3 is 0 Å². The van der Waals surface area contributed by atoms with Gasteiger partial charge in [0.2, 0.25) is 0 Å². The number of hydrogen-bond donors (Lipinski definition) is 2. The number of halogens is 2. The molecule has 0 aliphatic carbocycles. The van der Waals surface area contributed by atoms with Crippen LogP contribution >= 0.6 is 11.6 Å². The molecule has 0 radical (unpaired) electrons. The topological polar surface area (TPSA) is 105 Å². The van der Waals surface area contributed by atoms with Crippen molar-refractivity contribution in [2.45, 2.75) is 56.9 Å². The van der Waals surface area contributed by atoms with E-state index >= 15 is 0 Å². The molecule has 2 aromatic rings. The number of aromatic nitrogens is 2. The van der Waals surface area contributed by atoms with Crippen LogP contribution in [0.3, 0.4) is 0 Å². The Kier molecular flexibility index (Phi) is 6.65. The number of nitrogens with zero attached hydrogens (tertiary/aromatic N) is 4. The van der Waals surface area contributed by atoms with Crippen LogP contribution in [0.4, 0.5) is 4.39 Å². The quantitative estimate of drug-likeness (QED) is 0.627. The zero-order valence-corrected chi connectivity index (χ0v) is 20.3. The van der Waals surface area contributed by atoms with Gasteiger partial charge in [-0.1, -0.05) is 11.6 Å². The highest BCUT2D eigenvalue weighted by molar-refractivity contribution is 6.30. The fourth-order valence-corrected chi connectivity index (χ4v) is 5.62. The Bertz CT molecular complexity index is 1130. The molecule has 1 aromatic heterocycles. The van der Waals surface area contributed by atoms with Crippen LogP contribution in [0.2, 0.25) is 5.02 Å². The van der Waals surface area contributed by atoms with Crippen molar-refractivity contribution in [2.75, 3.05) is 19.6 Å². The fourth-order valence-electron chi connectivity index (χ4n) is 5.52. The Morgan fingerprint density at radius 3 is 2.60 bits per heavy atom. The summed E-state index contributed by atoms with van der Waals surface area (Å²) in [6.45, 7) is 2.91. The lowest BCUT2D eigenvalue weighted by Gasteiger charge is -2.39. The maximum absolute atomic E-state index is 14.2. The van der Waals surface area contributed by atoms with Gasteiger partial charge in [0.15, 0.2) is 5.82 Å². The largest absolute Gasteiger partial charge is 0.489 e. The van der Waals surface area contributed by atoms with Crippen molar-refractivity contribution >= 4 is 23.1 Å². The molecule has 5 rings (SSSR count). The first-order valence-electron chi connectivity index (χ1n) is 11.9. The van der Waals surface area contributed by atoms with Crippen molar-refractivity contribution in [2.24, 2.45) is 5.73 Å². The van der Waals surface area contributed by atoms with Gasteiger partial charge in [-0.2, -0.15) is 0 Å². The van der Waals surface area contributed by atoms with Crippen LogP contribution in [0.15, 0.2) is 36.3 Å². The fraction of sp³-hybridized carbons (Fsp3) is 0.480. The minimum Gasteiger partial charge on any atom is -0.489 e. The van der Waals surface area contributed by atoms with Gasteiger partial charge in [0.1, 0.15) is 17.7 Å². The van der Waals surface area contributed by atoms with Crippen molar-refractivity contribution in [3.8, 4) is 5.75 Å². The van der Waals surface area contributed by atoms with E-state index in [-0.39, 0.29) is 37.0 Å². The molecule has 4 heterocycles. The number of fused-ring (bicyclic) bond motifs is 2. The first kappa shape index (κ1) is 24.0. The maximum Gasteiger partial charge on any atom is 0.258 e. The Morgan fingerprint density at radius 1 is 1.26 bits per heavy atom. The lowest BCUT2D eigenvalue weighted by molar-refractivity contribution is 0.0215. The minimum atomic E-state index is -0.458. The molecule has 3 unspecified atom stereocenters. The number of ether oxygens (including phenoxy) is 1. The molecule has 0 spiro atoms. The van der Waals surface area contributed by atoms with Gasteiger partial charge in [-0.15, -0.1) is 0 Å². The molecule has 1 aromatic carbocycles. The zero-order chi connectivity index (χ0) is 24.7. The minimum absolute atomic E-state index is 0.120. The lowest BCUT2D eigenvalue weighted by atomic mass is 9.99. The molecule has 3 atom stereocenters. The van der Waals surface area contributed by atoms with Gasteiger partial charge in [0, 0.05) is 48.4 Å². The van der Waals surface area contributed by atoms with E-state index in [1.165, 1.54) is 30.6 Å². The summed E-state index contributed by atoms with van der Waals surface area (Å²) in [4.78, 5) is 25.8. The van der Waals surface area contributed by atoms with Crippen molar-refractivity contribution in [1.29, 1.82) is 0 Å². The van der Waals surface area contributed by atoms with Gasteiger partial charge in [-0.3, -0.25) is 9.69 Å². The number of piperidine rings is 1. The highest BCUT2D eigenvalue weighted by atomic mass is 35.5. The van der Waals surface area contributed by atoms with E-state index < -0.39 is 5.82 Å². The Morgan fingerprint density at radius 2 is 1.94 bits per heavy atom. The number of amides is 1. The second-order valence-electron chi connectivity index (χ2n) is 9.67. The van der Waals surface area contributed by atoms with Crippen LogP contribution < -0.4 is 10.5 Å². The third kappa shape index (κ3) is 4.98. The van der Waals surface area contributed by atoms with Gasteiger partial charge in [-0.25, -0.2) is 14.4 Å². The highest BCUT2D eigenvalue weighted by Crippen LogP contribution is 2.38. The Balaban J connectivity index is 1.31. The van der Waals surface area contributed by atoms with Crippen LogP contribution in [-0.4, -0.2) is 74.7 Å². The number of aliphatic hydroxyl groups is 1. The number of benzene rings is 1. The van der Waals surface area contributed by atoms with Crippen molar-refractivity contribution in [1.82, 2.24) is 19.8 Å². The van der Waals surface area contributed by atoms with Gasteiger partial charge in [0.25, 0.3) is 5.91 Å². The molecule has 2 bridgehead atoms. The van der Waals surface area contributed by atoms with Gasteiger partial charge in [0.05, 0.1) is 29.8 Å². The molecule has 35 heavy (non-hydrogen) atoms. The van der Waals surface area contributed by atoms with Crippen LogP contribution in [0, 0.1) is 5.82 Å². The molecule has 1 amide bonds. The Labute approximate surface area is 208 Å². The van der Waals surface area contributed by atoms with Crippen molar-refractivity contribution < 1.29 is 19.0 Å². The summed E-state index contributed by atoms with van der Waals surface area (Å²) >= 11 is 5.88. The smallest absolute Gasteiger partial charge is 0.258 e. The molecule has 10 heteroatoms. The van der Waals surface area contributed by atoms with Crippen LogP contribution in [-0.2, 0) is 0 Å². The number of aliphatic hydroxyl groups excluding tert-OH is 1. The second kappa shape index (κ2) is 9.72. The number of hydrogen-bond acceptors (Lipinski definition) is 7. The van der Waals surface area contributed by atoms with E-state index in [9.17, 15) is 14.3 Å². The average molecular weight is 502 g/mol. The lowest BCUT2D eigenvalue weighted by Crippen LogP contribution is -2.48. The molecular weight excluding hydrogens is 473 g/mol.